The van der Waals surface area contributed by atoms with Crippen molar-refractivity contribution in [1.29, 1.82) is 0 Å². The topological polar surface area (TPSA) is 61.4 Å². The van der Waals surface area contributed by atoms with Gasteiger partial charge in [-0.1, -0.05) is 12.1 Å². The highest BCUT2D eigenvalue weighted by molar-refractivity contribution is 6.04. The van der Waals surface area contributed by atoms with Crippen molar-refractivity contribution in [3.05, 3.63) is 29.8 Å². The van der Waals surface area contributed by atoms with Crippen LogP contribution in [0.25, 0.3) is 0 Å². The van der Waals surface area contributed by atoms with Crippen LogP contribution in [0, 0.1) is 0 Å². The Bertz CT molecular complexity index is 471. The van der Waals surface area contributed by atoms with Crippen LogP contribution in [0.3, 0.4) is 0 Å². The Kier molecular flexibility index (Phi) is 3.62. The van der Waals surface area contributed by atoms with Gasteiger partial charge >= 0.3 is 0 Å². The molecule has 0 atom stereocenters. The highest BCUT2D eigenvalue weighted by atomic mass is 16.2. The van der Waals surface area contributed by atoms with Crippen LogP contribution >= 0.6 is 0 Å². The Morgan fingerprint density at radius 3 is 2.89 bits per heavy atom. The molecule has 1 aromatic rings. The van der Waals surface area contributed by atoms with E-state index in [4.69, 9.17) is 0 Å². The van der Waals surface area contributed by atoms with Gasteiger partial charge in [0, 0.05) is 11.6 Å². The summed E-state index contributed by atoms with van der Waals surface area (Å²) < 4.78 is 0. The van der Waals surface area contributed by atoms with Gasteiger partial charge in [0.05, 0.1) is 18.8 Å². The second-order valence-corrected chi connectivity index (χ2v) is 4.66. The van der Waals surface area contributed by atoms with Crippen molar-refractivity contribution in [2.45, 2.75) is 19.9 Å². The van der Waals surface area contributed by atoms with E-state index in [0.717, 1.165) is 5.69 Å². The van der Waals surface area contributed by atoms with E-state index in [9.17, 15) is 9.59 Å². The fourth-order valence-corrected chi connectivity index (χ4v) is 1.93. The van der Waals surface area contributed by atoms with Gasteiger partial charge in [-0.25, -0.2) is 5.01 Å². The van der Waals surface area contributed by atoms with Gasteiger partial charge in [-0.15, -0.1) is 0 Å². The van der Waals surface area contributed by atoms with Gasteiger partial charge in [0.2, 0.25) is 5.91 Å². The smallest absolute Gasteiger partial charge is 0.236 e. The van der Waals surface area contributed by atoms with E-state index in [2.05, 4.69) is 10.7 Å². The Morgan fingerprint density at radius 2 is 2.17 bits per heavy atom. The molecule has 0 fully saturated rings. The molecule has 1 amide bonds. The number of para-hydroxylation sites is 1. The maximum atomic E-state index is 11.9. The molecule has 2 N–H and O–H groups in total. The molecule has 1 aromatic carbocycles. The number of rotatable bonds is 3. The molecule has 1 heterocycles. The van der Waals surface area contributed by atoms with Crippen molar-refractivity contribution < 1.29 is 9.59 Å². The van der Waals surface area contributed by atoms with Crippen molar-refractivity contribution in [1.82, 2.24) is 10.3 Å². The number of hydrazine groups is 1. The Labute approximate surface area is 106 Å². The average molecular weight is 247 g/mol. The number of amides is 1. The minimum Gasteiger partial charge on any atom is -0.353 e. The standard InChI is InChI=1S/C13H17N3O2/c1-9(2)14-13(18)8-16-7-12(17)10-5-3-4-6-11(10)15-16/h3-6,9,15H,7-8H2,1-2H3,(H,14,18). The van der Waals surface area contributed by atoms with E-state index in [1.165, 1.54) is 0 Å². The van der Waals surface area contributed by atoms with Crippen LogP contribution in [0.2, 0.25) is 0 Å². The van der Waals surface area contributed by atoms with Gasteiger partial charge in [-0.05, 0) is 26.0 Å². The summed E-state index contributed by atoms with van der Waals surface area (Å²) in [6.45, 7) is 4.19. The number of nitrogens with zero attached hydrogens (tertiary/aromatic N) is 1. The monoisotopic (exact) mass is 247 g/mol. The highest BCUT2D eigenvalue weighted by Crippen LogP contribution is 2.20. The molecule has 0 saturated heterocycles. The molecule has 0 aliphatic carbocycles. The summed E-state index contributed by atoms with van der Waals surface area (Å²) in [5.74, 6) is -0.0635. The number of benzene rings is 1. The molecule has 18 heavy (non-hydrogen) atoms. The molecule has 5 heteroatoms. The molecule has 0 unspecified atom stereocenters. The summed E-state index contributed by atoms with van der Waals surface area (Å²) in [5, 5.41) is 4.42. The van der Waals surface area contributed by atoms with Gasteiger partial charge in [-0.2, -0.15) is 0 Å². The molecular formula is C13H17N3O2. The fourth-order valence-electron chi connectivity index (χ4n) is 1.93. The molecule has 0 aromatic heterocycles. The number of carbonyl (C=O) groups is 2. The lowest BCUT2D eigenvalue weighted by Crippen LogP contribution is -2.46. The number of hydrogen-bond acceptors (Lipinski definition) is 4. The van der Waals surface area contributed by atoms with Crippen molar-refractivity contribution >= 4 is 17.4 Å². The van der Waals surface area contributed by atoms with Crippen LogP contribution in [0.1, 0.15) is 24.2 Å². The van der Waals surface area contributed by atoms with Crippen molar-refractivity contribution in [2.24, 2.45) is 0 Å². The number of fused-ring (bicyclic) bond motifs is 1. The summed E-state index contributed by atoms with van der Waals surface area (Å²) in [6, 6.07) is 7.41. The van der Waals surface area contributed by atoms with E-state index >= 15 is 0 Å². The van der Waals surface area contributed by atoms with Crippen LogP contribution < -0.4 is 10.7 Å². The van der Waals surface area contributed by atoms with Gasteiger partial charge in [0.25, 0.3) is 0 Å². The predicted octanol–water partition coefficient (Wildman–Crippen LogP) is 1.04. The quantitative estimate of drug-likeness (QED) is 0.837. The normalized spacial score (nSPS) is 15.2. The fraction of sp³-hybridized carbons (Fsp3) is 0.385. The maximum absolute atomic E-state index is 11.9. The predicted molar refractivity (Wildman–Crippen MR) is 69.2 cm³/mol. The summed E-state index contributed by atoms with van der Waals surface area (Å²) in [6.07, 6.45) is 0. The maximum Gasteiger partial charge on any atom is 0.236 e. The number of ketones is 1. The first-order valence-corrected chi connectivity index (χ1v) is 5.99. The lowest BCUT2D eigenvalue weighted by atomic mass is 10.1. The molecule has 0 radical (unpaired) electrons. The molecule has 2 rings (SSSR count). The number of hydrogen-bond donors (Lipinski definition) is 2. The Balaban J connectivity index is 2.03. The largest absolute Gasteiger partial charge is 0.353 e. The average Bonchev–Trinajstić information content (AvgIpc) is 2.27. The molecule has 1 aliphatic rings. The van der Waals surface area contributed by atoms with E-state index in [1.807, 2.05) is 32.0 Å². The second-order valence-electron chi connectivity index (χ2n) is 4.66. The molecule has 5 nitrogen and oxygen atoms in total. The number of Topliss-reactive ketones (excluding diaryl/α,β-unsaturated/α-hetero) is 1. The van der Waals surface area contributed by atoms with Crippen molar-refractivity contribution in [3.8, 4) is 0 Å². The van der Waals surface area contributed by atoms with E-state index in [1.54, 1.807) is 11.1 Å². The van der Waals surface area contributed by atoms with E-state index < -0.39 is 0 Å². The van der Waals surface area contributed by atoms with E-state index in [-0.39, 0.29) is 30.8 Å². The first-order chi connectivity index (χ1) is 8.56. The molecule has 1 aliphatic heterocycles. The van der Waals surface area contributed by atoms with Crippen LogP contribution in [-0.4, -0.2) is 35.8 Å². The van der Waals surface area contributed by atoms with Crippen molar-refractivity contribution in [2.75, 3.05) is 18.5 Å². The highest BCUT2D eigenvalue weighted by Gasteiger charge is 2.23. The lowest BCUT2D eigenvalue weighted by Gasteiger charge is -2.29. The van der Waals surface area contributed by atoms with Gasteiger partial charge in [0.1, 0.15) is 0 Å². The number of anilines is 1. The third-order valence-corrected chi connectivity index (χ3v) is 2.62. The van der Waals surface area contributed by atoms with Gasteiger partial charge in [-0.3, -0.25) is 9.59 Å². The molecule has 96 valence electrons. The van der Waals surface area contributed by atoms with Gasteiger partial charge < -0.3 is 10.7 Å². The minimum absolute atomic E-state index is 0.0293. The lowest BCUT2D eigenvalue weighted by molar-refractivity contribution is -0.122. The zero-order valence-electron chi connectivity index (χ0n) is 10.6. The van der Waals surface area contributed by atoms with Crippen molar-refractivity contribution in [3.63, 3.8) is 0 Å². The first kappa shape index (κ1) is 12.6. The zero-order valence-corrected chi connectivity index (χ0v) is 10.6. The van der Waals surface area contributed by atoms with Crippen LogP contribution in [-0.2, 0) is 4.79 Å². The molecular weight excluding hydrogens is 230 g/mol. The van der Waals surface area contributed by atoms with Gasteiger partial charge in [0.15, 0.2) is 5.78 Å². The summed E-state index contributed by atoms with van der Waals surface area (Å²) in [4.78, 5) is 23.5. The number of carbonyl (C=O) groups excluding carboxylic acids is 2. The Hall–Kier alpha value is -1.88. The molecule has 0 saturated carbocycles. The number of nitrogens with one attached hydrogen (secondary N) is 2. The second kappa shape index (κ2) is 5.18. The third-order valence-electron chi connectivity index (χ3n) is 2.62. The van der Waals surface area contributed by atoms with E-state index in [0.29, 0.717) is 5.56 Å². The SMILES string of the molecule is CC(C)NC(=O)CN1CC(=O)c2ccccc2N1. The first-order valence-electron chi connectivity index (χ1n) is 5.99. The van der Waals surface area contributed by atoms with Crippen LogP contribution in [0.4, 0.5) is 5.69 Å². The van der Waals surface area contributed by atoms with Crippen LogP contribution in [0.15, 0.2) is 24.3 Å². The molecule has 0 spiro atoms. The minimum atomic E-state index is -0.0929. The summed E-state index contributed by atoms with van der Waals surface area (Å²) >= 11 is 0. The Morgan fingerprint density at radius 1 is 1.44 bits per heavy atom. The zero-order chi connectivity index (χ0) is 13.1. The summed E-state index contributed by atoms with van der Waals surface area (Å²) in [5.41, 5.74) is 4.52. The summed E-state index contributed by atoms with van der Waals surface area (Å²) in [7, 11) is 0. The third kappa shape index (κ3) is 2.87. The van der Waals surface area contributed by atoms with Crippen LogP contribution in [0.5, 0.6) is 0 Å². The molecule has 0 bridgehead atoms.